The molecule has 0 saturated carbocycles. The maximum Gasteiger partial charge on any atom is 0.147 e. The van der Waals surface area contributed by atoms with Gasteiger partial charge in [-0.2, -0.15) is 0 Å². The smallest absolute Gasteiger partial charge is 0.147 e. The van der Waals surface area contributed by atoms with Crippen LogP contribution in [0.1, 0.15) is 13.8 Å². The van der Waals surface area contributed by atoms with Crippen molar-refractivity contribution in [2.45, 2.75) is 13.8 Å². The van der Waals surface area contributed by atoms with E-state index in [1.54, 1.807) is 18.6 Å². The van der Waals surface area contributed by atoms with E-state index in [2.05, 4.69) is 9.97 Å². The van der Waals surface area contributed by atoms with E-state index in [4.69, 9.17) is 5.73 Å². The highest BCUT2D eigenvalue weighted by Gasteiger charge is 1.95. The maximum atomic E-state index is 5.36. The van der Waals surface area contributed by atoms with Gasteiger partial charge in [0.05, 0.1) is 12.9 Å². The molecular weight excluding hydrogens is 152 g/mol. The van der Waals surface area contributed by atoms with Crippen LogP contribution in [-0.2, 0) is 0 Å². The van der Waals surface area contributed by atoms with Crippen molar-refractivity contribution in [3.05, 3.63) is 18.6 Å². The number of hydrogen-bond acceptors (Lipinski definition) is 4. The third-order valence-corrected chi connectivity index (χ3v) is 1.21. The molecule has 0 unspecified atom stereocenters. The topological polar surface area (TPSA) is 55.0 Å². The normalized spacial score (nSPS) is 8.33. The van der Waals surface area contributed by atoms with Crippen LogP contribution < -0.4 is 10.6 Å². The third kappa shape index (κ3) is 3.30. The average Bonchev–Trinajstić information content (AvgIpc) is 2.21. The third-order valence-electron chi connectivity index (χ3n) is 1.21. The molecule has 0 aromatic carbocycles. The van der Waals surface area contributed by atoms with E-state index in [9.17, 15) is 0 Å². The van der Waals surface area contributed by atoms with Crippen LogP contribution in [-0.4, -0.2) is 23.7 Å². The largest absolute Gasteiger partial charge is 0.346 e. The van der Waals surface area contributed by atoms with Crippen molar-refractivity contribution in [1.82, 2.24) is 9.97 Å². The van der Waals surface area contributed by atoms with Crippen molar-refractivity contribution < 1.29 is 0 Å². The molecule has 0 bridgehead atoms. The van der Waals surface area contributed by atoms with Gasteiger partial charge in [-0.1, -0.05) is 13.8 Å². The Morgan fingerprint density at radius 2 is 2.08 bits per heavy atom. The standard InChI is InChI=1S/C6H10N4.C2H6/c1-10(5-7)6-4-8-2-3-9-6;1-2/h2-4H,5,7H2,1H3;1-2H3. The molecule has 4 heteroatoms. The van der Waals surface area contributed by atoms with Gasteiger partial charge < -0.3 is 10.6 Å². The molecule has 12 heavy (non-hydrogen) atoms. The Bertz CT molecular complexity index is 188. The molecule has 0 radical (unpaired) electrons. The number of nitrogens with two attached hydrogens (primary N) is 1. The first-order valence-electron chi connectivity index (χ1n) is 4.02. The van der Waals surface area contributed by atoms with Gasteiger partial charge in [-0.05, 0) is 0 Å². The van der Waals surface area contributed by atoms with Crippen molar-refractivity contribution in [3.8, 4) is 0 Å². The van der Waals surface area contributed by atoms with Crippen molar-refractivity contribution in [2.75, 3.05) is 18.6 Å². The molecule has 1 aromatic rings. The first-order valence-corrected chi connectivity index (χ1v) is 4.02. The summed E-state index contributed by atoms with van der Waals surface area (Å²) < 4.78 is 0. The molecule has 0 spiro atoms. The molecule has 2 N–H and O–H groups in total. The molecule has 1 rings (SSSR count). The van der Waals surface area contributed by atoms with Crippen LogP contribution in [0.4, 0.5) is 5.82 Å². The fourth-order valence-electron chi connectivity index (χ4n) is 0.582. The summed E-state index contributed by atoms with van der Waals surface area (Å²) in [6.45, 7) is 4.46. The minimum Gasteiger partial charge on any atom is -0.346 e. The summed E-state index contributed by atoms with van der Waals surface area (Å²) in [7, 11) is 1.87. The summed E-state index contributed by atoms with van der Waals surface area (Å²) >= 11 is 0. The molecule has 4 nitrogen and oxygen atoms in total. The van der Waals surface area contributed by atoms with Crippen LogP contribution in [0.25, 0.3) is 0 Å². The van der Waals surface area contributed by atoms with Crippen molar-refractivity contribution in [1.29, 1.82) is 0 Å². The van der Waals surface area contributed by atoms with E-state index in [0.717, 1.165) is 5.82 Å². The summed E-state index contributed by atoms with van der Waals surface area (Å²) in [4.78, 5) is 9.74. The summed E-state index contributed by atoms with van der Waals surface area (Å²) in [5, 5.41) is 0. The second-order valence-corrected chi connectivity index (χ2v) is 1.94. The summed E-state index contributed by atoms with van der Waals surface area (Å²) in [5.74, 6) is 0.796. The lowest BCUT2D eigenvalue weighted by Crippen LogP contribution is -2.25. The molecule has 68 valence electrons. The molecule has 0 aliphatic heterocycles. The Morgan fingerprint density at radius 1 is 1.42 bits per heavy atom. The number of hydrogen-bond donors (Lipinski definition) is 1. The highest BCUT2D eigenvalue weighted by Crippen LogP contribution is 2.00. The molecule has 0 fully saturated rings. The zero-order valence-electron chi connectivity index (χ0n) is 7.86. The molecule has 0 saturated heterocycles. The predicted molar refractivity (Wildman–Crippen MR) is 50.8 cm³/mol. The Labute approximate surface area is 73.4 Å². The van der Waals surface area contributed by atoms with E-state index in [0.29, 0.717) is 6.67 Å². The van der Waals surface area contributed by atoms with E-state index >= 15 is 0 Å². The molecule has 0 aliphatic carbocycles. The van der Waals surface area contributed by atoms with Gasteiger partial charge in [0.25, 0.3) is 0 Å². The number of anilines is 1. The van der Waals surface area contributed by atoms with Crippen LogP contribution in [0.5, 0.6) is 0 Å². The number of aromatic nitrogens is 2. The van der Waals surface area contributed by atoms with Crippen LogP contribution in [0.3, 0.4) is 0 Å². The van der Waals surface area contributed by atoms with E-state index in [-0.39, 0.29) is 0 Å². The van der Waals surface area contributed by atoms with Crippen LogP contribution in [0.15, 0.2) is 18.6 Å². The highest BCUT2D eigenvalue weighted by atomic mass is 15.2. The molecule has 0 aliphatic rings. The fourth-order valence-corrected chi connectivity index (χ4v) is 0.582. The number of rotatable bonds is 2. The van der Waals surface area contributed by atoms with Gasteiger partial charge in [0.15, 0.2) is 0 Å². The monoisotopic (exact) mass is 168 g/mol. The van der Waals surface area contributed by atoms with E-state index < -0.39 is 0 Å². The summed E-state index contributed by atoms with van der Waals surface area (Å²) in [6, 6.07) is 0. The highest BCUT2D eigenvalue weighted by molar-refractivity contribution is 5.32. The minimum atomic E-state index is 0.457. The van der Waals surface area contributed by atoms with Gasteiger partial charge in [0.1, 0.15) is 5.82 Å². The Hall–Kier alpha value is -1.16. The van der Waals surface area contributed by atoms with Gasteiger partial charge in [0, 0.05) is 19.4 Å². The zero-order chi connectivity index (χ0) is 9.40. The van der Waals surface area contributed by atoms with Crippen molar-refractivity contribution in [3.63, 3.8) is 0 Å². The summed E-state index contributed by atoms with van der Waals surface area (Å²) in [5.41, 5.74) is 5.36. The summed E-state index contributed by atoms with van der Waals surface area (Å²) in [6.07, 6.45) is 4.95. The lowest BCUT2D eigenvalue weighted by atomic mass is 10.6. The second-order valence-electron chi connectivity index (χ2n) is 1.94. The van der Waals surface area contributed by atoms with Gasteiger partial charge in [0.2, 0.25) is 0 Å². The van der Waals surface area contributed by atoms with Crippen LogP contribution in [0, 0.1) is 0 Å². The zero-order valence-corrected chi connectivity index (χ0v) is 7.86. The molecule has 1 heterocycles. The first kappa shape index (κ1) is 10.8. The SMILES string of the molecule is CC.CN(CN)c1cnccn1. The van der Waals surface area contributed by atoms with Crippen LogP contribution in [0.2, 0.25) is 0 Å². The van der Waals surface area contributed by atoms with E-state index in [1.807, 2.05) is 25.8 Å². The molecule has 0 amide bonds. The lowest BCUT2D eigenvalue weighted by Gasteiger charge is -2.13. The molecular formula is C8H16N4. The van der Waals surface area contributed by atoms with Crippen molar-refractivity contribution in [2.24, 2.45) is 5.73 Å². The van der Waals surface area contributed by atoms with Gasteiger partial charge >= 0.3 is 0 Å². The predicted octanol–water partition coefficient (Wildman–Crippen LogP) is 0.855. The van der Waals surface area contributed by atoms with Crippen molar-refractivity contribution >= 4 is 5.82 Å². The fraction of sp³-hybridized carbons (Fsp3) is 0.500. The average molecular weight is 168 g/mol. The minimum absolute atomic E-state index is 0.457. The quantitative estimate of drug-likeness (QED) is 0.665. The Morgan fingerprint density at radius 3 is 2.50 bits per heavy atom. The van der Waals surface area contributed by atoms with Gasteiger partial charge in [-0.3, -0.25) is 4.98 Å². The first-order chi connectivity index (χ1) is 5.84. The second kappa shape index (κ2) is 6.54. The van der Waals surface area contributed by atoms with Gasteiger partial charge in [-0.25, -0.2) is 4.98 Å². The number of nitrogens with zero attached hydrogens (tertiary/aromatic N) is 3. The van der Waals surface area contributed by atoms with Crippen LogP contribution >= 0.6 is 0 Å². The molecule has 0 atom stereocenters. The lowest BCUT2D eigenvalue weighted by molar-refractivity contribution is 0.900. The molecule has 1 aromatic heterocycles. The van der Waals surface area contributed by atoms with E-state index in [1.165, 1.54) is 0 Å². The van der Waals surface area contributed by atoms with Gasteiger partial charge in [-0.15, -0.1) is 0 Å². The Kier molecular flexibility index (Phi) is 5.91. The maximum absolute atomic E-state index is 5.36. The Balaban J connectivity index is 0.000000561.